The topological polar surface area (TPSA) is 73.3 Å². The molecular weight excluding hydrogens is 386 g/mol. The van der Waals surface area contributed by atoms with Crippen LogP contribution in [0.1, 0.15) is 5.56 Å². The van der Waals surface area contributed by atoms with Crippen LogP contribution in [0.25, 0.3) is 20.9 Å². The van der Waals surface area contributed by atoms with Gasteiger partial charge in [-0.1, -0.05) is 17.4 Å². The van der Waals surface area contributed by atoms with Gasteiger partial charge in [0.2, 0.25) is 5.91 Å². The minimum Gasteiger partial charge on any atom is -0.493 e. The Morgan fingerprint density at radius 1 is 1.03 bits per heavy atom. The van der Waals surface area contributed by atoms with Crippen molar-refractivity contribution in [3.63, 3.8) is 0 Å². The number of thiazole rings is 1. The number of rotatable bonds is 6. The number of nitrogens with one attached hydrogen (secondary N) is 1. The minimum absolute atomic E-state index is 0.103. The van der Waals surface area contributed by atoms with Crippen molar-refractivity contribution in [2.75, 3.05) is 19.5 Å². The smallest absolute Gasteiger partial charge is 0.228 e. The number of fused-ring (bicyclic) bond motifs is 1. The first-order valence-corrected chi connectivity index (χ1v) is 9.80. The average molecular weight is 405 g/mol. The van der Waals surface area contributed by atoms with Gasteiger partial charge in [0.05, 0.1) is 20.6 Å². The first-order chi connectivity index (χ1) is 14.2. The molecule has 0 saturated carbocycles. The largest absolute Gasteiger partial charge is 0.493 e. The van der Waals surface area contributed by atoms with Gasteiger partial charge < -0.3 is 14.8 Å². The van der Waals surface area contributed by atoms with Crippen molar-refractivity contribution in [3.8, 4) is 22.1 Å². The Bertz CT molecular complexity index is 1120. The summed E-state index contributed by atoms with van der Waals surface area (Å²) in [6.07, 6.45) is 2.01. The van der Waals surface area contributed by atoms with E-state index in [4.69, 9.17) is 9.47 Å². The van der Waals surface area contributed by atoms with Gasteiger partial charge in [-0.3, -0.25) is 4.79 Å². The van der Waals surface area contributed by atoms with Gasteiger partial charge in [-0.05, 0) is 54.1 Å². The average Bonchev–Trinajstić information content (AvgIpc) is 3.18. The zero-order valence-electron chi connectivity index (χ0n) is 16.0. The standard InChI is InChI=1S/C22H19N3O3S/c1-27-18-10-5-14(12-19(18)28-2)13-20(26)24-16-8-6-15(7-9-16)21-25-17-4-3-11-23-22(17)29-21/h3-12H,13H2,1-2H3,(H,24,26). The van der Waals surface area contributed by atoms with E-state index in [9.17, 15) is 4.79 Å². The van der Waals surface area contributed by atoms with Crippen LogP contribution in [-0.2, 0) is 11.2 Å². The SMILES string of the molecule is COc1ccc(CC(=O)Nc2ccc(-c3nc4cccnc4s3)cc2)cc1OC. The second-order valence-corrected chi connectivity index (χ2v) is 7.32. The molecular formula is C22H19N3O3S. The van der Waals surface area contributed by atoms with Crippen molar-refractivity contribution in [1.82, 2.24) is 9.97 Å². The van der Waals surface area contributed by atoms with Crippen LogP contribution in [0.2, 0.25) is 0 Å². The molecule has 29 heavy (non-hydrogen) atoms. The summed E-state index contributed by atoms with van der Waals surface area (Å²) in [4.78, 5) is 22.3. The van der Waals surface area contributed by atoms with E-state index in [-0.39, 0.29) is 12.3 Å². The third-order valence-electron chi connectivity index (χ3n) is 4.39. The van der Waals surface area contributed by atoms with Gasteiger partial charge in [0.1, 0.15) is 15.4 Å². The molecule has 7 heteroatoms. The van der Waals surface area contributed by atoms with Crippen LogP contribution in [0, 0.1) is 0 Å². The van der Waals surface area contributed by atoms with Gasteiger partial charge in [-0.15, -0.1) is 0 Å². The van der Waals surface area contributed by atoms with Gasteiger partial charge in [0, 0.05) is 17.4 Å². The number of hydrogen-bond donors (Lipinski definition) is 1. The number of carbonyl (C=O) groups is 1. The van der Waals surface area contributed by atoms with Crippen LogP contribution in [0.4, 0.5) is 5.69 Å². The van der Waals surface area contributed by atoms with E-state index in [0.717, 1.165) is 32.2 Å². The number of amides is 1. The van der Waals surface area contributed by atoms with E-state index in [0.29, 0.717) is 11.5 Å². The summed E-state index contributed by atoms with van der Waals surface area (Å²) in [6, 6.07) is 16.9. The lowest BCUT2D eigenvalue weighted by Gasteiger charge is -2.10. The van der Waals surface area contributed by atoms with Gasteiger partial charge >= 0.3 is 0 Å². The van der Waals surface area contributed by atoms with Crippen LogP contribution in [-0.4, -0.2) is 30.1 Å². The lowest BCUT2D eigenvalue weighted by Crippen LogP contribution is -2.14. The van der Waals surface area contributed by atoms with Gasteiger partial charge in [-0.25, -0.2) is 9.97 Å². The molecule has 4 aromatic rings. The predicted octanol–water partition coefficient (Wildman–Crippen LogP) is 4.56. The van der Waals surface area contributed by atoms with E-state index in [1.165, 1.54) is 0 Å². The van der Waals surface area contributed by atoms with Crippen molar-refractivity contribution in [2.45, 2.75) is 6.42 Å². The van der Waals surface area contributed by atoms with E-state index in [1.807, 2.05) is 48.5 Å². The van der Waals surface area contributed by atoms with Gasteiger partial charge in [0.25, 0.3) is 0 Å². The number of methoxy groups -OCH3 is 2. The molecule has 2 heterocycles. The maximum Gasteiger partial charge on any atom is 0.228 e. The Hall–Kier alpha value is -3.45. The molecule has 0 aliphatic heterocycles. The highest BCUT2D eigenvalue weighted by Gasteiger charge is 2.10. The molecule has 0 fully saturated rings. The number of benzene rings is 2. The van der Waals surface area contributed by atoms with Crippen molar-refractivity contribution in [3.05, 3.63) is 66.4 Å². The number of ether oxygens (including phenoxy) is 2. The molecule has 0 saturated heterocycles. The van der Waals surface area contributed by atoms with Crippen molar-refractivity contribution >= 4 is 33.3 Å². The lowest BCUT2D eigenvalue weighted by molar-refractivity contribution is -0.115. The number of hydrogen-bond acceptors (Lipinski definition) is 6. The fourth-order valence-electron chi connectivity index (χ4n) is 2.97. The van der Waals surface area contributed by atoms with E-state index in [1.54, 1.807) is 37.8 Å². The fourth-order valence-corrected chi connectivity index (χ4v) is 3.88. The Morgan fingerprint density at radius 2 is 1.83 bits per heavy atom. The minimum atomic E-state index is -0.103. The molecule has 2 aromatic carbocycles. The molecule has 4 rings (SSSR count). The van der Waals surface area contributed by atoms with E-state index >= 15 is 0 Å². The second-order valence-electron chi connectivity index (χ2n) is 6.34. The lowest BCUT2D eigenvalue weighted by atomic mass is 10.1. The molecule has 1 N–H and O–H groups in total. The molecule has 2 aromatic heterocycles. The molecule has 146 valence electrons. The summed E-state index contributed by atoms with van der Waals surface area (Å²) in [5.74, 6) is 1.14. The summed E-state index contributed by atoms with van der Waals surface area (Å²) in [6.45, 7) is 0. The number of anilines is 1. The van der Waals surface area contributed by atoms with Crippen LogP contribution in [0.15, 0.2) is 60.8 Å². The Kier molecular flexibility index (Phi) is 5.39. The van der Waals surface area contributed by atoms with Gasteiger partial charge in [-0.2, -0.15) is 0 Å². The third-order valence-corrected chi connectivity index (χ3v) is 5.42. The molecule has 0 unspecified atom stereocenters. The third kappa shape index (κ3) is 4.20. The van der Waals surface area contributed by atoms with Crippen LogP contribution >= 0.6 is 11.3 Å². The summed E-state index contributed by atoms with van der Waals surface area (Å²) in [5, 5.41) is 3.83. The Labute approximate surface area is 172 Å². The molecule has 0 bridgehead atoms. The van der Waals surface area contributed by atoms with E-state index in [2.05, 4.69) is 15.3 Å². The predicted molar refractivity (Wildman–Crippen MR) is 115 cm³/mol. The first kappa shape index (κ1) is 18.9. The van der Waals surface area contributed by atoms with Gasteiger partial charge in [0.15, 0.2) is 11.5 Å². The van der Waals surface area contributed by atoms with Crippen LogP contribution < -0.4 is 14.8 Å². The van der Waals surface area contributed by atoms with Crippen molar-refractivity contribution in [2.24, 2.45) is 0 Å². The zero-order chi connectivity index (χ0) is 20.2. The summed E-state index contributed by atoms with van der Waals surface area (Å²) in [5.41, 5.74) is 3.46. The Balaban J connectivity index is 1.44. The first-order valence-electron chi connectivity index (χ1n) is 8.99. The molecule has 0 aliphatic carbocycles. The zero-order valence-corrected chi connectivity index (χ0v) is 16.8. The summed E-state index contributed by atoms with van der Waals surface area (Å²) < 4.78 is 10.5. The fraction of sp³-hybridized carbons (Fsp3) is 0.136. The molecule has 0 atom stereocenters. The Morgan fingerprint density at radius 3 is 2.55 bits per heavy atom. The summed E-state index contributed by atoms with van der Waals surface area (Å²) >= 11 is 1.55. The van der Waals surface area contributed by atoms with Crippen molar-refractivity contribution in [1.29, 1.82) is 0 Å². The highest BCUT2D eigenvalue weighted by molar-refractivity contribution is 7.21. The molecule has 1 amide bonds. The second kappa shape index (κ2) is 8.28. The maximum absolute atomic E-state index is 12.4. The summed E-state index contributed by atoms with van der Waals surface area (Å²) in [7, 11) is 3.16. The number of aromatic nitrogens is 2. The molecule has 0 spiro atoms. The highest BCUT2D eigenvalue weighted by Crippen LogP contribution is 2.30. The molecule has 6 nitrogen and oxygen atoms in total. The maximum atomic E-state index is 12.4. The number of nitrogens with zero attached hydrogens (tertiary/aromatic N) is 2. The normalized spacial score (nSPS) is 10.7. The van der Waals surface area contributed by atoms with E-state index < -0.39 is 0 Å². The number of carbonyl (C=O) groups excluding carboxylic acids is 1. The van der Waals surface area contributed by atoms with Crippen LogP contribution in [0.5, 0.6) is 11.5 Å². The van der Waals surface area contributed by atoms with Crippen LogP contribution in [0.3, 0.4) is 0 Å². The number of pyridine rings is 1. The molecule has 0 aliphatic rings. The quantitative estimate of drug-likeness (QED) is 0.509. The van der Waals surface area contributed by atoms with Crippen molar-refractivity contribution < 1.29 is 14.3 Å². The monoisotopic (exact) mass is 405 g/mol. The highest BCUT2D eigenvalue weighted by atomic mass is 32.1. The molecule has 0 radical (unpaired) electrons.